The van der Waals surface area contributed by atoms with Crippen LogP contribution in [0.25, 0.3) is 0 Å². The number of rotatable bonds is 10. The van der Waals surface area contributed by atoms with Gasteiger partial charge in [0, 0.05) is 6.61 Å². The molecule has 1 atom stereocenters. The van der Waals surface area contributed by atoms with Crippen LogP contribution >= 0.6 is 7.60 Å². The molecule has 5 nitrogen and oxygen atoms in total. The van der Waals surface area contributed by atoms with Crippen molar-refractivity contribution in [1.82, 2.24) is 0 Å². The minimum Gasteiger partial charge on any atom is -0.395 e. The molecular formula is C11H27O5PSi. The zero-order chi connectivity index (χ0) is 14.2. The van der Waals surface area contributed by atoms with Gasteiger partial charge in [0.1, 0.15) is 5.85 Å². The van der Waals surface area contributed by atoms with E-state index >= 15 is 0 Å². The van der Waals surface area contributed by atoms with Gasteiger partial charge in [-0.1, -0.05) is 6.92 Å². The quantitative estimate of drug-likeness (QED) is 0.454. The van der Waals surface area contributed by atoms with Gasteiger partial charge in [-0.25, -0.2) is 0 Å². The van der Waals surface area contributed by atoms with Crippen molar-refractivity contribution in [1.29, 1.82) is 0 Å². The first kappa shape index (κ1) is 18.3. The minimum absolute atomic E-state index is 0.341. The largest absolute Gasteiger partial charge is 0.395 e. The lowest BCUT2D eigenvalue weighted by atomic mass is 10.5. The monoisotopic (exact) mass is 298 g/mol. The van der Waals surface area contributed by atoms with Crippen LogP contribution in [0.15, 0.2) is 0 Å². The van der Waals surface area contributed by atoms with E-state index in [2.05, 4.69) is 0 Å². The smallest absolute Gasteiger partial charge is 0.357 e. The lowest BCUT2D eigenvalue weighted by Gasteiger charge is -2.31. The summed E-state index contributed by atoms with van der Waals surface area (Å²) in [6.45, 7) is 12.6. The Balaban J connectivity index is 4.85. The van der Waals surface area contributed by atoms with Gasteiger partial charge in [0.15, 0.2) is 0 Å². The third-order valence-corrected chi connectivity index (χ3v) is 6.68. The van der Waals surface area contributed by atoms with Crippen molar-refractivity contribution in [2.75, 3.05) is 19.8 Å². The fraction of sp³-hybridized carbons (Fsp3) is 1.00. The Bertz CT molecular complexity index is 262. The maximum absolute atomic E-state index is 12.6. The Morgan fingerprint density at radius 3 is 1.83 bits per heavy atom. The SMILES string of the molecule is CCO[Si](C)(C)OC(CC)P(=O)(OCC)OCC. The first-order valence-corrected chi connectivity index (χ1v) is 11.0. The summed E-state index contributed by atoms with van der Waals surface area (Å²) in [5, 5.41) is 0. The molecule has 0 aliphatic heterocycles. The molecule has 0 bridgehead atoms. The van der Waals surface area contributed by atoms with E-state index in [0.29, 0.717) is 26.2 Å². The molecule has 110 valence electrons. The molecule has 7 heteroatoms. The molecule has 0 fully saturated rings. The van der Waals surface area contributed by atoms with Gasteiger partial charge in [-0.15, -0.1) is 0 Å². The Hall–Kier alpha value is 0.287. The molecule has 0 amide bonds. The molecule has 0 aromatic heterocycles. The highest BCUT2D eigenvalue weighted by molar-refractivity contribution is 7.54. The van der Waals surface area contributed by atoms with Gasteiger partial charge < -0.3 is 17.9 Å². The molecule has 0 spiro atoms. The van der Waals surface area contributed by atoms with Crippen LogP contribution in [-0.4, -0.2) is 34.2 Å². The molecule has 0 rings (SSSR count). The highest BCUT2D eigenvalue weighted by Gasteiger charge is 2.40. The van der Waals surface area contributed by atoms with E-state index in [9.17, 15) is 4.57 Å². The van der Waals surface area contributed by atoms with Gasteiger partial charge in [0.25, 0.3) is 0 Å². The van der Waals surface area contributed by atoms with Gasteiger partial charge in [-0.3, -0.25) is 4.57 Å². The van der Waals surface area contributed by atoms with Crippen LogP contribution in [0.2, 0.25) is 13.1 Å². The summed E-state index contributed by atoms with van der Waals surface area (Å²) in [5.41, 5.74) is 0. The first-order valence-electron chi connectivity index (χ1n) is 6.55. The lowest BCUT2D eigenvalue weighted by molar-refractivity contribution is 0.120. The summed E-state index contributed by atoms with van der Waals surface area (Å²) in [6, 6.07) is 0. The third kappa shape index (κ3) is 5.95. The second kappa shape index (κ2) is 8.46. The molecule has 0 aromatic rings. The zero-order valence-electron chi connectivity index (χ0n) is 12.4. The van der Waals surface area contributed by atoms with E-state index in [1.807, 2.05) is 26.9 Å². The Kier molecular flexibility index (Phi) is 8.59. The minimum atomic E-state index is -3.22. The van der Waals surface area contributed by atoms with Gasteiger partial charge in [0.2, 0.25) is 0 Å². The molecule has 0 aliphatic rings. The van der Waals surface area contributed by atoms with Crippen molar-refractivity contribution in [2.45, 2.75) is 53.1 Å². The van der Waals surface area contributed by atoms with Crippen LogP contribution in [-0.2, 0) is 22.5 Å². The third-order valence-electron chi connectivity index (χ3n) is 2.23. The maximum Gasteiger partial charge on any atom is 0.357 e. The van der Waals surface area contributed by atoms with E-state index in [0.717, 1.165) is 0 Å². The Labute approximate surface area is 112 Å². The molecule has 0 aromatic carbocycles. The molecule has 0 radical (unpaired) electrons. The molecule has 1 unspecified atom stereocenters. The maximum atomic E-state index is 12.6. The topological polar surface area (TPSA) is 54.0 Å². The van der Waals surface area contributed by atoms with E-state index < -0.39 is 22.0 Å². The fourth-order valence-corrected chi connectivity index (χ4v) is 6.08. The summed E-state index contributed by atoms with van der Waals surface area (Å²) in [6.07, 6.45) is 0.570. The van der Waals surface area contributed by atoms with Crippen molar-refractivity contribution in [3.63, 3.8) is 0 Å². The van der Waals surface area contributed by atoms with Crippen molar-refractivity contribution < 1.29 is 22.5 Å². The zero-order valence-corrected chi connectivity index (χ0v) is 14.3. The molecule has 0 saturated heterocycles. The average molecular weight is 298 g/mol. The summed E-state index contributed by atoms with van der Waals surface area (Å²) < 4.78 is 34.8. The average Bonchev–Trinajstić information content (AvgIpc) is 2.26. The second-order valence-electron chi connectivity index (χ2n) is 4.19. The summed E-state index contributed by atoms with van der Waals surface area (Å²) in [5.74, 6) is -0.550. The summed E-state index contributed by atoms with van der Waals surface area (Å²) >= 11 is 0. The van der Waals surface area contributed by atoms with Gasteiger partial charge in [0.05, 0.1) is 13.2 Å². The number of hydrogen-bond donors (Lipinski definition) is 0. The second-order valence-corrected chi connectivity index (χ2v) is 9.69. The Morgan fingerprint density at radius 2 is 1.50 bits per heavy atom. The first-order chi connectivity index (χ1) is 8.35. The highest BCUT2D eigenvalue weighted by Crippen LogP contribution is 2.55. The van der Waals surface area contributed by atoms with E-state index in [4.69, 9.17) is 17.9 Å². The van der Waals surface area contributed by atoms with Crippen LogP contribution in [0.3, 0.4) is 0 Å². The van der Waals surface area contributed by atoms with E-state index in [-0.39, 0.29) is 0 Å². The van der Waals surface area contributed by atoms with Gasteiger partial charge >= 0.3 is 16.2 Å². The summed E-state index contributed by atoms with van der Waals surface area (Å²) in [7, 11) is -5.50. The fourth-order valence-electron chi connectivity index (χ4n) is 1.64. The normalized spacial score (nSPS) is 14.8. The van der Waals surface area contributed by atoms with Gasteiger partial charge in [-0.2, -0.15) is 0 Å². The van der Waals surface area contributed by atoms with Crippen molar-refractivity contribution in [2.24, 2.45) is 0 Å². The molecule has 18 heavy (non-hydrogen) atoms. The predicted octanol–water partition coefficient (Wildman–Crippen LogP) is 3.74. The predicted molar refractivity (Wildman–Crippen MR) is 75.1 cm³/mol. The van der Waals surface area contributed by atoms with E-state index in [1.165, 1.54) is 0 Å². The lowest BCUT2D eigenvalue weighted by Crippen LogP contribution is -2.39. The van der Waals surface area contributed by atoms with Crippen LogP contribution in [0.5, 0.6) is 0 Å². The van der Waals surface area contributed by atoms with Crippen molar-refractivity contribution >= 4 is 16.2 Å². The van der Waals surface area contributed by atoms with Crippen LogP contribution in [0.4, 0.5) is 0 Å². The molecule has 0 N–H and O–H groups in total. The van der Waals surface area contributed by atoms with Crippen molar-refractivity contribution in [3.05, 3.63) is 0 Å². The van der Waals surface area contributed by atoms with Crippen LogP contribution < -0.4 is 0 Å². The number of hydrogen-bond acceptors (Lipinski definition) is 5. The summed E-state index contributed by atoms with van der Waals surface area (Å²) in [4.78, 5) is 0. The molecule has 0 heterocycles. The molecular weight excluding hydrogens is 271 g/mol. The van der Waals surface area contributed by atoms with E-state index in [1.54, 1.807) is 13.8 Å². The van der Waals surface area contributed by atoms with Crippen molar-refractivity contribution in [3.8, 4) is 0 Å². The standard InChI is InChI=1S/C11H27O5PSi/c1-7-11(16-18(5,6)15-10-4)17(12,13-8-2)14-9-3/h11H,7-10H2,1-6H3. The molecule has 0 aliphatic carbocycles. The highest BCUT2D eigenvalue weighted by atomic mass is 31.2. The molecule has 0 saturated carbocycles. The Morgan fingerprint density at radius 1 is 1.00 bits per heavy atom. The van der Waals surface area contributed by atoms with Crippen LogP contribution in [0, 0.1) is 0 Å². The van der Waals surface area contributed by atoms with Crippen LogP contribution in [0.1, 0.15) is 34.1 Å². The van der Waals surface area contributed by atoms with Gasteiger partial charge in [-0.05, 0) is 40.3 Å².